The first kappa shape index (κ1) is 14.6. The van der Waals surface area contributed by atoms with Crippen LogP contribution < -0.4 is 10.6 Å². The lowest BCUT2D eigenvalue weighted by Gasteiger charge is -2.36. The molecule has 20 heavy (non-hydrogen) atoms. The molecule has 1 heterocycles. The molecule has 1 aliphatic rings. The number of carbonyl (C=O) groups excluding carboxylic acids is 1. The number of carbonyl (C=O) groups is 1. The molecule has 1 aromatic rings. The zero-order valence-electron chi connectivity index (χ0n) is 12.0. The third kappa shape index (κ3) is 3.39. The van der Waals surface area contributed by atoms with E-state index < -0.39 is 0 Å². The minimum atomic E-state index is -0.307. The third-order valence-corrected chi connectivity index (χ3v) is 3.40. The zero-order chi connectivity index (χ0) is 14.7. The number of piperazine rings is 1. The number of rotatable bonds is 3. The van der Waals surface area contributed by atoms with Gasteiger partial charge in [-0.05, 0) is 32.3 Å². The van der Waals surface area contributed by atoms with Crippen LogP contribution in [0.2, 0.25) is 0 Å². The van der Waals surface area contributed by atoms with E-state index >= 15 is 0 Å². The van der Waals surface area contributed by atoms with Crippen molar-refractivity contribution in [1.82, 2.24) is 9.80 Å². The number of anilines is 2. The van der Waals surface area contributed by atoms with Gasteiger partial charge in [-0.1, -0.05) is 0 Å². The van der Waals surface area contributed by atoms with Crippen molar-refractivity contribution in [3.8, 4) is 0 Å². The van der Waals surface area contributed by atoms with Crippen LogP contribution >= 0.6 is 0 Å². The predicted molar refractivity (Wildman–Crippen MR) is 78.2 cm³/mol. The quantitative estimate of drug-likeness (QED) is 0.825. The summed E-state index contributed by atoms with van der Waals surface area (Å²) in [7, 11) is 3.75. The van der Waals surface area contributed by atoms with Gasteiger partial charge in [-0.25, -0.2) is 4.39 Å². The Morgan fingerprint density at radius 2 is 1.95 bits per heavy atom. The summed E-state index contributed by atoms with van der Waals surface area (Å²) in [5, 5.41) is 0. The van der Waals surface area contributed by atoms with E-state index in [1.807, 2.05) is 28.8 Å². The van der Waals surface area contributed by atoms with E-state index in [4.69, 9.17) is 5.73 Å². The lowest BCUT2D eigenvalue weighted by Crippen LogP contribution is -2.50. The van der Waals surface area contributed by atoms with E-state index in [0.29, 0.717) is 44.1 Å². The Hall–Kier alpha value is -1.82. The van der Waals surface area contributed by atoms with Crippen LogP contribution in [0.3, 0.4) is 0 Å². The zero-order valence-corrected chi connectivity index (χ0v) is 12.0. The summed E-state index contributed by atoms with van der Waals surface area (Å²) in [5.74, 6) is -0.189. The molecule has 0 aromatic heterocycles. The van der Waals surface area contributed by atoms with Crippen molar-refractivity contribution < 1.29 is 9.18 Å². The van der Waals surface area contributed by atoms with Crippen LogP contribution in [0, 0.1) is 5.82 Å². The maximum Gasteiger partial charge on any atom is 0.236 e. The Morgan fingerprint density at radius 1 is 1.30 bits per heavy atom. The maximum atomic E-state index is 13.9. The van der Waals surface area contributed by atoms with E-state index in [1.165, 1.54) is 6.07 Å². The summed E-state index contributed by atoms with van der Waals surface area (Å²) in [6.45, 7) is 2.93. The molecule has 6 heteroatoms. The second kappa shape index (κ2) is 6.09. The summed E-state index contributed by atoms with van der Waals surface area (Å²) in [4.78, 5) is 17.6. The Bertz CT molecular complexity index is 484. The van der Waals surface area contributed by atoms with Crippen molar-refractivity contribution in [2.24, 2.45) is 0 Å². The standard InChI is InChI=1S/C14H21FN4O/c1-17(2)10-14(20)19-7-5-18(6-8-19)13-4-3-11(16)9-12(13)15/h3-4,9H,5-8,10,16H2,1-2H3. The average molecular weight is 280 g/mol. The number of nitrogens with zero attached hydrogens (tertiary/aromatic N) is 3. The summed E-state index contributed by atoms with van der Waals surface area (Å²) in [6, 6.07) is 4.73. The molecule has 1 saturated heterocycles. The Labute approximate surface area is 118 Å². The van der Waals surface area contributed by atoms with Crippen LogP contribution in [0.4, 0.5) is 15.8 Å². The first-order valence-electron chi connectivity index (χ1n) is 6.70. The number of amides is 1. The van der Waals surface area contributed by atoms with Crippen molar-refractivity contribution in [2.45, 2.75) is 0 Å². The SMILES string of the molecule is CN(C)CC(=O)N1CCN(c2ccc(N)cc2F)CC1. The average Bonchev–Trinajstić information content (AvgIpc) is 2.38. The molecule has 5 nitrogen and oxygen atoms in total. The molecule has 2 N–H and O–H groups in total. The van der Waals surface area contributed by atoms with E-state index in [0.717, 1.165) is 0 Å². The number of likely N-dealkylation sites (N-methyl/N-ethyl adjacent to an activating group) is 1. The van der Waals surface area contributed by atoms with Crippen molar-refractivity contribution in [1.29, 1.82) is 0 Å². The lowest BCUT2D eigenvalue weighted by atomic mass is 10.2. The molecule has 0 radical (unpaired) electrons. The van der Waals surface area contributed by atoms with Crippen molar-refractivity contribution >= 4 is 17.3 Å². The van der Waals surface area contributed by atoms with E-state index in [9.17, 15) is 9.18 Å². The molecule has 1 amide bonds. The molecule has 0 spiro atoms. The van der Waals surface area contributed by atoms with Gasteiger partial charge in [0, 0.05) is 31.9 Å². The Kier molecular flexibility index (Phi) is 4.44. The van der Waals surface area contributed by atoms with Crippen LogP contribution in [0.1, 0.15) is 0 Å². The second-order valence-corrected chi connectivity index (χ2v) is 5.32. The lowest BCUT2D eigenvalue weighted by molar-refractivity contribution is -0.132. The third-order valence-electron chi connectivity index (χ3n) is 3.40. The summed E-state index contributed by atoms with van der Waals surface area (Å²) < 4.78 is 13.9. The molecule has 0 unspecified atom stereocenters. The highest BCUT2D eigenvalue weighted by Gasteiger charge is 2.22. The fraction of sp³-hybridized carbons (Fsp3) is 0.500. The van der Waals surface area contributed by atoms with Crippen LogP contribution in [0.25, 0.3) is 0 Å². The van der Waals surface area contributed by atoms with Gasteiger partial charge in [0.15, 0.2) is 0 Å². The van der Waals surface area contributed by atoms with Crippen LogP contribution in [-0.2, 0) is 4.79 Å². The van der Waals surface area contributed by atoms with Gasteiger partial charge in [0.2, 0.25) is 5.91 Å². The molecule has 0 bridgehead atoms. The normalized spacial score (nSPS) is 15.8. The Morgan fingerprint density at radius 3 is 2.50 bits per heavy atom. The van der Waals surface area contributed by atoms with Crippen molar-refractivity contribution in [3.63, 3.8) is 0 Å². The van der Waals surface area contributed by atoms with Gasteiger partial charge in [0.25, 0.3) is 0 Å². The summed E-state index contributed by atoms with van der Waals surface area (Å²) in [6.07, 6.45) is 0. The largest absolute Gasteiger partial charge is 0.399 e. The minimum absolute atomic E-state index is 0.118. The molecule has 1 aromatic carbocycles. The van der Waals surface area contributed by atoms with Crippen molar-refractivity contribution in [3.05, 3.63) is 24.0 Å². The number of hydrogen-bond acceptors (Lipinski definition) is 4. The predicted octanol–water partition coefficient (Wildman–Crippen LogP) is 0.618. The van der Waals surface area contributed by atoms with Gasteiger partial charge in [0.1, 0.15) is 5.82 Å². The fourth-order valence-electron chi connectivity index (χ4n) is 2.35. The summed E-state index contributed by atoms with van der Waals surface area (Å²) >= 11 is 0. The maximum absolute atomic E-state index is 13.9. The fourth-order valence-corrected chi connectivity index (χ4v) is 2.35. The van der Waals surface area contributed by atoms with E-state index in [2.05, 4.69) is 0 Å². The first-order chi connectivity index (χ1) is 9.47. The topological polar surface area (TPSA) is 52.8 Å². The molecule has 0 aliphatic carbocycles. The van der Waals surface area contributed by atoms with Crippen LogP contribution in [-0.4, -0.2) is 62.5 Å². The molecular formula is C14H21FN4O. The number of halogens is 1. The number of benzene rings is 1. The molecule has 1 aliphatic heterocycles. The van der Waals surface area contributed by atoms with Crippen LogP contribution in [0.15, 0.2) is 18.2 Å². The molecule has 0 atom stereocenters. The second-order valence-electron chi connectivity index (χ2n) is 5.32. The Balaban J connectivity index is 1.95. The monoisotopic (exact) mass is 280 g/mol. The van der Waals surface area contributed by atoms with Gasteiger partial charge < -0.3 is 20.4 Å². The van der Waals surface area contributed by atoms with Crippen LogP contribution in [0.5, 0.6) is 0 Å². The van der Waals surface area contributed by atoms with E-state index in [-0.39, 0.29) is 11.7 Å². The number of hydrogen-bond donors (Lipinski definition) is 1. The van der Waals surface area contributed by atoms with Gasteiger partial charge in [-0.2, -0.15) is 0 Å². The highest BCUT2D eigenvalue weighted by Crippen LogP contribution is 2.22. The molecule has 110 valence electrons. The smallest absolute Gasteiger partial charge is 0.236 e. The number of nitrogens with two attached hydrogens (primary N) is 1. The van der Waals surface area contributed by atoms with E-state index in [1.54, 1.807) is 12.1 Å². The van der Waals surface area contributed by atoms with Gasteiger partial charge in [-0.3, -0.25) is 4.79 Å². The summed E-state index contributed by atoms with van der Waals surface area (Å²) in [5.41, 5.74) is 6.53. The van der Waals surface area contributed by atoms with Gasteiger partial charge >= 0.3 is 0 Å². The van der Waals surface area contributed by atoms with Gasteiger partial charge in [-0.15, -0.1) is 0 Å². The molecule has 2 rings (SSSR count). The number of nitrogen functional groups attached to an aromatic ring is 1. The first-order valence-corrected chi connectivity index (χ1v) is 6.70. The molecule has 1 fully saturated rings. The highest BCUT2D eigenvalue weighted by atomic mass is 19.1. The van der Waals surface area contributed by atoms with Gasteiger partial charge in [0.05, 0.1) is 12.2 Å². The van der Waals surface area contributed by atoms with Crippen molar-refractivity contribution in [2.75, 3.05) is 57.5 Å². The minimum Gasteiger partial charge on any atom is -0.399 e. The highest BCUT2D eigenvalue weighted by molar-refractivity contribution is 5.78. The molecular weight excluding hydrogens is 259 g/mol. The molecule has 0 saturated carbocycles.